The molecule has 0 unspecified atom stereocenters. The van der Waals surface area contributed by atoms with Gasteiger partial charge in [-0.3, -0.25) is 0 Å². The van der Waals surface area contributed by atoms with Gasteiger partial charge in [0, 0.05) is 12.1 Å². The van der Waals surface area contributed by atoms with Crippen molar-refractivity contribution in [1.82, 2.24) is 0 Å². The molecule has 0 spiro atoms. The molecule has 0 heterocycles. The molecule has 0 aromatic carbocycles. The van der Waals surface area contributed by atoms with Gasteiger partial charge in [-0.1, -0.05) is 0 Å². The van der Waals surface area contributed by atoms with Crippen molar-refractivity contribution in [3.8, 4) is 0 Å². The molecule has 0 aliphatic heterocycles. The molecule has 2 nitrogen and oxygen atoms in total. The van der Waals surface area contributed by atoms with Crippen LogP contribution >= 0.6 is 0 Å². The molecule has 17 heteroatoms. The number of rotatable bonds is 6. The molecule has 0 aliphatic carbocycles. The van der Waals surface area contributed by atoms with Crippen LogP contribution in [0.15, 0.2) is 0 Å². The second kappa shape index (κ2) is 6.10. The van der Waals surface area contributed by atoms with Crippen molar-refractivity contribution in [3.05, 3.63) is 0 Å². The van der Waals surface area contributed by atoms with Gasteiger partial charge in [0.2, 0.25) is 8.40 Å². The number of hydrogen-bond donors (Lipinski definition) is 2. The second-order valence-corrected chi connectivity index (χ2v) is 8.31. The summed E-state index contributed by atoms with van der Waals surface area (Å²) in [5.74, 6) is -26.1. The monoisotopic (exact) mass is 426 g/mol. The highest BCUT2D eigenvalue weighted by Gasteiger charge is 2.76. The van der Waals surface area contributed by atoms with E-state index in [1.807, 2.05) is 0 Å². The largest absolute Gasteiger partial charge is 0.459 e. The van der Waals surface area contributed by atoms with Crippen LogP contribution in [0.25, 0.3) is 0 Å². The molecule has 0 aromatic rings. The van der Waals surface area contributed by atoms with Crippen molar-refractivity contribution < 1.29 is 61.5 Å². The van der Waals surface area contributed by atoms with Gasteiger partial charge >= 0.3 is 36.0 Å². The van der Waals surface area contributed by atoms with Crippen LogP contribution in [-0.2, 0) is 0 Å². The Morgan fingerprint density at radius 3 is 0.840 bits per heavy atom. The minimum Gasteiger partial charge on any atom is -0.339 e. The molecule has 0 aliphatic rings. The van der Waals surface area contributed by atoms with E-state index in [0.717, 1.165) is 0 Å². The van der Waals surface area contributed by atoms with Gasteiger partial charge < -0.3 is 10.8 Å². The summed E-state index contributed by atoms with van der Waals surface area (Å²) in [4.78, 5) is 0. The molecular formula is C8H8F14N2Si. The molecule has 0 radical (unpaired) electrons. The van der Waals surface area contributed by atoms with Crippen LogP contribution in [-0.4, -0.2) is 44.4 Å². The molecule has 0 aromatic heterocycles. The van der Waals surface area contributed by atoms with Crippen LogP contribution < -0.4 is 10.8 Å². The van der Waals surface area contributed by atoms with E-state index < -0.39 is 56.5 Å². The lowest BCUT2D eigenvalue weighted by molar-refractivity contribution is -0.351. The van der Waals surface area contributed by atoms with Gasteiger partial charge in [0.15, 0.2) is 0 Å². The van der Waals surface area contributed by atoms with Gasteiger partial charge in [-0.05, 0) is 0 Å². The fourth-order valence-corrected chi connectivity index (χ4v) is 3.75. The molecule has 0 bridgehead atoms. The highest BCUT2D eigenvalue weighted by atomic mass is 28.3. The Hall–Kier alpha value is -0.843. The Bertz CT molecular complexity index is 436. The summed E-state index contributed by atoms with van der Waals surface area (Å²) in [6.45, 7) is 0. The first-order valence-corrected chi connectivity index (χ1v) is 8.21. The summed E-state index contributed by atoms with van der Waals surface area (Å²) in [5, 5.41) is 9.05. The Balaban J connectivity index is 5.62. The first-order valence-electron chi connectivity index (χ1n) is 5.64. The highest BCUT2D eigenvalue weighted by Crippen LogP contribution is 2.52. The predicted molar refractivity (Wildman–Crippen MR) is 55.6 cm³/mol. The van der Waals surface area contributed by atoms with Crippen molar-refractivity contribution in [2.75, 3.05) is 0 Å². The zero-order chi connectivity index (χ0) is 20.9. The summed E-state index contributed by atoms with van der Waals surface area (Å²) >= 11 is 0. The first kappa shape index (κ1) is 24.2. The van der Waals surface area contributed by atoms with Gasteiger partial charge in [-0.25, -0.2) is 0 Å². The lowest BCUT2D eigenvalue weighted by Gasteiger charge is -2.36. The summed E-state index contributed by atoms with van der Waals surface area (Å²) in [6, 6.07) is -6.06. The molecule has 0 rings (SSSR count). The Morgan fingerprint density at radius 2 is 0.680 bits per heavy atom. The van der Waals surface area contributed by atoms with Crippen LogP contribution in [0.4, 0.5) is 61.5 Å². The standard InChI is InChI=1S/C8H8F14N2Si/c9-3(10,5(13,14)7(17,18)19)1-25(23,24)2-4(11,12)6(15,16)8(20,21)22/h1-2,23-24H2. The van der Waals surface area contributed by atoms with Crippen LogP contribution in [0.5, 0.6) is 0 Å². The van der Waals surface area contributed by atoms with Gasteiger partial charge in [0.05, 0.1) is 0 Å². The number of alkyl halides is 14. The average Bonchev–Trinajstić information content (AvgIpc) is 2.21. The molecule has 0 fully saturated rings. The average molecular weight is 426 g/mol. The fourth-order valence-electron chi connectivity index (χ4n) is 1.53. The fraction of sp³-hybridized carbons (Fsp3) is 1.00. The topological polar surface area (TPSA) is 52.0 Å². The van der Waals surface area contributed by atoms with E-state index in [9.17, 15) is 61.5 Å². The van der Waals surface area contributed by atoms with Crippen LogP contribution in [0.2, 0.25) is 12.1 Å². The van der Waals surface area contributed by atoms with Crippen molar-refractivity contribution in [3.63, 3.8) is 0 Å². The van der Waals surface area contributed by atoms with E-state index in [1.165, 1.54) is 0 Å². The van der Waals surface area contributed by atoms with Crippen LogP contribution in [0.1, 0.15) is 0 Å². The third-order valence-electron chi connectivity index (χ3n) is 2.73. The number of hydrogen-bond acceptors (Lipinski definition) is 2. The van der Waals surface area contributed by atoms with Crippen LogP contribution in [0.3, 0.4) is 0 Å². The zero-order valence-corrected chi connectivity index (χ0v) is 12.4. The third-order valence-corrected chi connectivity index (χ3v) is 4.94. The van der Waals surface area contributed by atoms with Gasteiger partial charge in [0.25, 0.3) is 0 Å². The van der Waals surface area contributed by atoms with E-state index in [1.54, 1.807) is 0 Å². The van der Waals surface area contributed by atoms with Crippen molar-refractivity contribution in [1.29, 1.82) is 0 Å². The Morgan fingerprint density at radius 1 is 0.480 bits per heavy atom. The second-order valence-electron chi connectivity index (χ2n) is 5.14. The third kappa shape index (κ3) is 4.66. The minimum atomic E-state index is -6.89. The first-order chi connectivity index (χ1) is 10.4. The normalized spacial score (nSPS) is 16.3. The van der Waals surface area contributed by atoms with Crippen molar-refractivity contribution >= 4 is 8.40 Å². The van der Waals surface area contributed by atoms with E-state index in [-0.39, 0.29) is 0 Å². The lowest BCUT2D eigenvalue weighted by Crippen LogP contribution is -2.67. The molecule has 0 atom stereocenters. The lowest BCUT2D eigenvalue weighted by atomic mass is 10.2. The minimum absolute atomic E-state index is 3.03. The molecular weight excluding hydrogens is 418 g/mol. The Labute approximate surface area is 130 Å². The molecule has 25 heavy (non-hydrogen) atoms. The molecule has 0 saturated carbocycles. The van der Waals surface area contributed by atoms with Gasteiger partial charge in [-0.2, -0.15) is 61.5 Å². The Kier molecular flexibility index (Phi) is 5.90. The maximum absolute atomic E-state index is 13.0. The summed E-state index contributed by atoms with van der Waals surface area (Å²) in [7, 11) is -5.81. The van der Waals surface area contributed by atoms with Gasteiger partial charge in [-0.15, -0.1) is 0 Å². The van der Waals surface area contributed by atoms with Crippen molar-refractivity contribution in [2.45, 2.75) is 48.1 Å². The SMILES string of the molecule is N[Si](N)(CC(F)(F)C(F)(F)C(F)(F)F)CC(F)(F)C(F)(F)C(F)(F)F. The maximum Gasteiger partial charge on any atom is 0.459 e. The van der Waals surface area contributed by atoms with E-state index in [4.69, 9.17) is 0 Å². The van der Waals surface area contributed by atoms with Crippen LogP contribution in [0, 0.1) is 0 Å². The summed E-state index contributed by atoms with van der Waals surface area (Å²) in [6.07, 6.45) is -13.8. The molecule has 0 amide bonds. The molecule has 152 valence electrons. The van der Waals surface area contributed by atoms with E-state index >= 15 is 0 Å². The molecule has 4 N–H and O–H groups in total. The zero-order valence-electron chi connectivity index (χ0n) is 11.4. The summed E-state index contributed by atoms with van der Waals surface area (Å²) in [5.41, 5.74) is 0. The smallest absolute Gasteiger partial charge is 0.339 e. The highest BCUT2D eigenvalue weighted by molar-refractivity contribution is 6.74. The maximum atomic E-state index is 13.0. The number of halogens is 14. The van der Waals surface area contributed by atoms with E-state index in [2.05, 4.69) is 10.8 Å². The molecule has 0 saturated heterocycles. The quantitative estimate of drug-likeness (QED) is 0.498. The predicted octanol–water partition coefficient (Wildman–Crippen LogP) is 4.01. The van der Waals surface area contributed by atoms with E-state index in [0.29, 0.717) is 0 Å². The summed E-state index contributed by atoms with van der Waals surface area (Å²) < 4.78 is 174. The van der Waals surface area contributed by atoms with Gasteiger partial charge in [0.1, 0.15) is 0 Å². The van der Waals surface area contributed by atoms with Crippen molar-refractivity contribution in [2.24, 2.45) is 10.8 Å². The number of nitrogens with two attached hydrogens (primary N) is 2.